The second-order valence-electron chi connectivity index (χ2n) is 6.39. The van der Waals surface area contributed by atoms with Crippen LogP contribution in [-0.4, -0.2) is 26.2 Å². The molecule has 1 aromatic carbocycles. The highest BCUT2D eigenvalue weighted by atomic mass is 32.1. The smallest absolute Gasteiger partial charge is 0.120 e. The van der Waals surface area contributed by atoms with Gasteiger partial charge in [0.2, 0.25) is 0 Å². The lowest BCUT2D eigenvalue weighted by Gasteiger charge is -2.12. The predicted molar refractivity (Wildman–Crippen MR) is 108 cm³/mol. The van der Waals surface area contributed by atoms with Crippen molar-refractivity contribution in [1.82, 2.24) is 10.6 Å². The molecule has 25 heavy (non-hydrogen) atoms. The van der Waals surface area contributed by atoms with E-state index < -0.39 is 0 Å². The number of thiophene rings is 1. The molecule has 2 N–H and O–H groups in total. The summed E-state index contributed by atoms with van der Waals surface area (Å²) in [6.45, 7) is 8.45. The fourth-order valence-corrected chi connectivity index (χ4v) is 3.62. The maximum atomic E-state index is 5.77. The van der Waals surface area contributed by atoms with Gasteiger partial charge in [0.1, 0.15) is 12.4 Å². The van der Waals surface area contributed by atoms with Crippen LogP contribution in [0.15, 0.2) is 47.7 Å². The van der Waals surface area contributed by atoms with Crippen molar-refractivity contribution in [3.05, 3.63) is 64.4 Å². The van der Waals surface area contributed by atoms with Crippen molar-refractivity contribution in [1.29, 1.82) is 0 Å². The quantitative estimate of drug-likeness (QED) is 0.663. The standard InChI is InChI=1S/C21H26N2OS/c1-2-8-24-21-11-18(4-3-17-6-9-25-16-17)10-20(12-21)15-23-14-19-5-7-22-13-19/h2-4,6,9-12,16,19,22-23H,1,5,7-8,13-15H2/b4-3+. The maximum Gasteiger partial charge on any atom is 0.120 e. The van der Waals surface area contributed by atoms with E-state index in [2.05, 4.69) is 64.4 Å². The van der Waals surface area contributed by atoms with Gasteiger partial charge in [-0.1, -0.05) is 30.9 Å². The number of nitrogens with one attached hydrogen (secondary N) is 2. The first-order valence-corrected chi connectivity index (χ1v) is 9.77. The molecule has 3 rings (SSSR count). The molecule has 0 amide bonds. The van der Waals surface area contributed by atoms with Crippen LogP contribution in [0.25, 0.3) is 12.2 Å². The Balaban J connectivity index is 1.66. The fraction of sp³-hybridized carbons (Fsp3) is 0.333. The van der Waals surface area contributed by atoms with Crippen LogP contribution in [-0.2, 0) is 6.54 Å². The number of hydrogen-bond acceptors (Lipinski definition) is 4. The van der Waals surface area contributed by atoms with Gasteiger partial charge in [0.15, 0.2) is 0 Å². The minimum Gasteiger partial charge on any atom is -0.490 e. The molecule has 1 fully saturated rings. The van der Waals surface area contributed by atoms with Crippen molar-refractivity contribution in [2.75, 3.05) is 26.2 Å². The zero-order chi connectivity index (χ0) is 17.3. The van der Waals surface area contributed by atoms with Gasteiger partial charge >= 0.3 is 0 Å². The van der Waals surface area contributed by atoms with Gasteiger partial charge < -0.3 is 15.4 Å². The molecule has 0 radical (unpaired) electrons. The van der Waals surface area contributed by atoms with E-state index in [0.717, 1.165) is 43.4 Å². The molecule has 2 heterocycles. The number of rotatable bonds is 9. The molecular weight excluding hydrogens is 328 g/mol. The predicted octanol–water partition coefficient (Wildman–Crippen LogP) is 4.18. The lowest BCUT2D eigenvalue weighted by atomic mass is 10.1. The van der Waals surface area contributed by atoms with Crippen LogP contribution in [0.2, 0.25) is 0 Å². The number of hydrogen-bond donors (Lipinski definition) is 2. The summed E-state index contributed by atoms with van der Waals surface area (Å²) in [6.07, 6.45) is 7.33. The van der Waals surface area contributed by atoms with Crippen LogP contribution in [0.5, 0.6) is 5.75 Å². The van der Waals surface area contributed by atoms with Gasteiger partial charge in [0, 0.05) is 6.54 Å². The zero-order valence-electron chi connectivity index (χ0n) is 14.5. The largest absolute Gasteiger partial charge is 0.490 e. The summed E-state index contributed by atoms with van der Waals surface area (Å²) in [5, 5.41) is 11.2. The Morgan fingerprint density at radius 2 is 2.20 bits per heavy atom. The molecule has 1 saturated heterocycles. The minimum absolute atomic E-state index is 0.526. The third-order valence-corrected chi connectivity index (χ3v) is 4.99. The number of benzene rings is 1. The van der Waals surface area contributed by atoms with Gasteiger partial charge in [0.05, 0.1) is 0 Å². The monoisotopic (exact) mass is 354 g/mol. The average Bonchev–Trinajstić information content (AvgIpc) is 3.32. The third kappa shape index (κ3) is 5.85. The second-order valence-corrected chi connectivity index (χ2v) is 7.17. The molecule has 4 heteroatoms. The van der Waals surface area contributed by atoms with Crippen molar-refractivity contribution in [2.24, 2.45) is 5.92 Å². The molecule has 2 aromatic rings. The topological polar surface area (TPSA) is 33.3 Å². The van der Waals surface area contributed by atoms with Crippen LogP contribution in [0.1, 0.15) is 23.1 Å². The average molecular weight is 355 g/mol. The Bertz CT molecular complexity index is 688. The Morgan fingerprint density at radius 1 is 1.28 bits per heavy atom. The molecular formula is C21H26N2OS. The first-order chi connectivity index (χ1) is 12.3. The van der Waals surface area contributed by atoms with Gasteiger partial charge in [-0.3, -0.25) is 0 Å². The summed E-state index contributed by atoms with van der Waals surface area (Å²) in [7, 11) is 0. The van der Waals surface area contributed by atoms with E-state index >= 15 is 0 Å². The van der Waals surface area contributed by atoms with Crippen LogP contribution in [0, 0.1) is 5.92 Å². The molecule has 132 valence electrons. The Kier molecular flexibility index (Phi) is 6.86. The second kappa shape index (κ2) is 9.56. The molecule has 1 aliphatic rings. The molecule has 3 nitrogen and oxygen atoms in total. The van der Waals surface area contributed by atoms with Gasteiger partial charge in [-0.15, -0.1) is 0 Å². The van der Waals surface area contributed by atoms with Gasteiger partial charge in [-0.25, -0.2) is 0 Å². The first-order valence-electron chi connectivity index (χ1n) is 8.83. The summed E-state index contributed by atoms with van der Waals surface area (Å²) in [6, 6.07) is 8.54. The SMILES string of the molecule is C=CCOc1cc(/C=C/c2ccsc2)cc(CNCC2CCNC2)c1. The minimum atomic E-state index is 0.526. The van der Waals surface area contributed by atoms with Crippen LogP contribution < -0.4 is 15.4 Å². The third-order valence-electron chi connectivity index (χ3n) is 4.29. The fourth-order valence-electron chi connectivity index (χ4n) is 2.99. The highest BCUT2D eigenvalue weighted by Crippen LogP contribution is 2.20. The summed E-state index contributed by atoms with van der Waals surface area (Å²) in [5.41, 5.74) is 3.64. The van der Waals surface area contributed by atoms with E-state index in [4.69, 9.17) is 4.74 Å². The van der Waals surface area contributed by atoms with E-state index in [1.54, 1.807) is 17.4 Å². The molecule has 1 atom stereocenters. The molecule has 1 aromatic heterocycles. The zero-order valence-corrected chi connectivity index (χ0v) is 15.4. The summed E-state index contributed by atoms with van der Waals surface area (Å²) < 4.78 is 5.77. The lowest BCUT2D eigenvalue weighted by Crippen LogP contribution is -2.24. The number of ether oxygens (including phenoxy) is 1. The molecule has 0 saturated carbocycles. The Labute approximate surface area is 154 Å². The summed E-state index contributed by atoms with van der Waals surface area (Å²) in [4.78, 5) is 0. The molecule has 0 bridgehead atoms. The van der Waals surface area contributed by atoms with E-state index in [9.17, 15) is 0 Å². The summed E-state index contributed by atoms with van der Waals surface area (Å²) in [5.74, 6) is 1.64. The molecule has 1 aliphatic heterocycles. The highest BCUT2D eigenvalue weighted by Gasteiger charge is 2.13. The van der Waals surface area contributed by atoms with Gasteiger partial charge in [-0.2, -0.15) is 11.3 Å². The summed E-state index contributed by atoms with van der Waals surface area (Å²) >= 11 is 1.71. The van der Waals surface area contributed by atoms with Crippen molar-refractivity contribution < 1.29 is 4.74 Å². The van der Waals surface area contributed by atoms with E-state index in [0.29, 0.717) is 6.61 Å². The molecule has 0 spiro atoms. The van der Waals surface area contributed by atoms with E-state index in [1.807, 2.05) is 0 Å². The Morgan fingerprint density at radius 3 is 2.96 bits per heavy atom. The van der Waals surface area contributed by atoms with Crippen molar-refractivity contribution >= 4 is 23.5 Å². The van der Waals surface area contributed by atoms with E-state index in [1.165, 1.54) is 17.5 Å². The molecule has 0 aliphatic carbocycles. The molecule has 1 unspecified atom stereocenters. The maximum absolute atomic E-state index is 5.77. The Hall–Kier alpha value is -1.88. The van der Waals surface area contributed by atoms with Gasteiger partial charge in [-0.05, 0) is 77.6 Å². The van der Waals surface area contributed by atoms with Gasteiger partial charge in [0.25, 0.3) is 0 Å². The first kappa shape index (κ1) is 17.9. The van der Waals surface area contributed by atoms with Crippen molar-refractivity contribution in [3.63, 3.8) is 0 Å². The van der Waals surface area contributed by atoms with Crippen molar-refractivity contribution in [3.8, 4) is 5.75 Å². The normalized spacial score (nSPS) is 17.2. The van der Waals surface area contributed by atoms with Crippen LogP contribution in [0.4, 0.5) is 0 Å². The lowest BCUT2D eigenvalue weighted by molar-refractivity contribution is 0.362. The highest BCUT2D eigenvalue weighted by molar-refractivity contribution is 7.08. The van der Waals surface area contributed by atoms with Crippen molar-refractivity contribution in [2.45, 2.75) is 13.0 Å². The van der Waals surface area contributed by atoms with Crippen LogP contribution in [0.3, 0.4) is 0 Å². The van der Waals surface area contributed by atoms with E-state index in [-0.39, 0.29) is 0 Å². The van der Waals surface area contributed by atoms with Crippen LogP contribution >= 0.6 is 11.3 Å².